The molecule has 0 amide bonds. The molecule has 0 aliphatic carbocycles. The Labute approximate surface area is 151 Å². The Kier molecular flexibility index (Phi) is 5.25. The van der Waals surface area contributed by atoms with E-state index in [1.165, 1.54) is 0 Å². The highest BCUT2D eigenvalue weighted by Gasteiger charge is 2.20. The number of nitrogens with one attached hydrogen (secondary N) is 1. The number of aromatic nitrogens is 3. The van der Waals surface area contributed by atoms with Crippen LogP contribution in [0.2, 0.25) is 5.02 Å². The zero-order valence-electron chi connectivity index (χ0n) is 14.7. The molecule has 0 saturated heterocycles. The normalized spacial score (nSPS) is 11.6. The van der Waals surface area contributed by atoms with Crippen molar-refractivity contribution in [2.45, 2.75) is 39.3 Å². The second kappa shape index (κ2) is 7.42. The van der Waals surface area contributed by atoms with Crippen LogP contribution in [0.25, 0.3) is 22.3 Å². The van der Waals surface area contributed by atoms with Gasteiger partial charge >= 0.3 is 5.69 Å². The number of H-pyrrole nitrogens is 1. The number of fused-ring (bicyclic) bond motifs is 1. The molecule has 0 fully saturated rings. The van der Waals surface area contributed by atoms with Gasteiger partial charge in [0.25, 0.3) is 0 Å². The molecule has 132 valence electrons. The summed E-state index contributed by atoms with van der Waals surface area (Å²) < 4.78 is 7.03. The van der Waals surface area contributed by atoms with E-state index in [2.05, 4.69) is 23.8 Å². The van der Waals surface area contributed by atoms with Crippen LogP contribution in [-0.4, -0.2) is 21.6 Å². The summed E-state index contributed by atoms with van der Waals surface area (Å²) in [6.07, 6.45) is 3.31. The Balaban J connectivity index is 2.32. The molecule has 5 nitrogen and oxygen atoms in total. The van der Waals surface area contributed by atoms with Crippen molar-refractivity contribution in [3.8, 4) is 11.1 Å². The minimum atomic E-state index is -0.146. The first-order chi connectivity index (χ1) is 12.1. The Bertz CT molecular complexity index is 941. The Morgan fingerprint density at radius 3 is 2.76 bits per heavy atom. The van der Waals surface area contributed by atoms with Crippen LogP contribution in [0.5, 0.6) is 0 Å². The van der Waals surface area contributed by atoms with Crippen LogP contribution in [0.3, 0.4) is 0 Å². The number of hydrogen-bond donors (Lipinski definition) is 1. The van der Waals surface area contributed by atoms with Crippen LogP contribution < -0.4 is 5.69 Å². The predicted molar refractivity (Wildman–Crippen MR) is 101 cm³/mol. The number of hydrogen-bond acceptors (Lipinski definition) is 3. The molecular formula is C19H22ClN3O2. The van der Waals surface area contributed by atoms with Crippen LogP contribution >= 0.6 is 11.6 Å². The van der Waals surface area contributed by atoms with Crippen molar-refractivity contribution >= 4 is 22.8 Å². The molecule has 0 aliphatic heterocycles. The first-order valence-electron chi connectivity index (χ1n) is 8.47. The highest BCUT2D eigenvalue weighted by atomic mass is 35.5. The summed E-state index contributed by atoms with van der Waals surface area (Å²) in [6, 6.07) is 8.11. The highest BCUT2D eigenvalue weighted by molar-refractivity contribution is 6.34. The van der Waals surface area contributed by atoms with Gasteiger partial charge in [0, 0.05) is 24.9 Å². The van der Waals surface area contributed by atoms with Gasteiger partial charge in [-0.05, 0) is 30.0 Å². The summed E-state index contributed by atoms with van der Waals surface area (Å²) in [5, 5.41) is 0.528. The molecule has 0 radical (unpaired) electrons. The van der Waals surface area contributed by atoms with E-state index in [1.807, 2.05) is 24.3 Å². The van der Waals surface area contributed by atoms with Gasteiger partial charge in [-0.3, -0.25) is 9.55 Å². The molecule has 3 aromatic rings. The summed E-state index contributed by atoms with van der Waals surface area (Å²) in [5.41, 5.74) is 4.01. The maximum Gasteiger partial charge on any atom is 0.327 e. The van der Waals surface area contributed by atoms with Crippen LogP contribution in [0.4, 0.5) is 0 Å². The maximum absolute atomic E-state index is 12.6. The molecule has 0 aliphatic rings. The van der Waals surface area contributed by atoms with E-state index in [0.717, 1.165) is 35.0 Å². The molecule has 2 aromatic heterocycles. The van der Waals surface area contributed by atoms with E-state index >= 15 is 0 Å². The average molecular weight is 360 g/mol. The molecule has 3 rings (SSSR count). The minimum absolute atomic E-state index is 0.0995. The third-order valence-corrected chi connectivity index (χ3v) is 4.81. The van der Waals surface area contributed by atoms with Gasteiger partial charge in [-0.15, -0.1) is 0 Å². The average Bonchev–Trinajstić information content (AvgIpc) is 2.93. The fourth-order valence-electron chi connectivity index (χ4n) is 3.33. The zero-order valence-corrected chi connectivity index (χ0v) is 15.4. The molecule has 0 unspecified atom stereocenters. The second-order valence-electron chi connectivity index (χ2n) is 6.08. The number of nitrogens with zero attached hydrogens (tertiary/aromatic N) is 2. The highest BCUT2D eigenvalue weighted by Crippen LogP contribution is 2.35. The molecule has 2 heterocycles. The minimum Gasteiger partial charge on any atom is -0.380 e. The van der Waals surface area contributed by atoms with Crippen molar-refractivity contribution in [2.75, 3.05) is 7.11 Å². The second-order valence-corrected chi connectivity index (χ2v) is 6.49. The number of halogens is 1. The van der Waals surface area contributed by atoms with Gasteiger partial charge in [0.1, 0.15) is 0 Å². The molecule has 0 bridgehead atoms. The first-order valence-corrected chi connectivity index (χ1v) is 8.85. The van der Waals surface area contributed by atoms with Crippen LogP contribution in [0, 0.1) is 0 Å². The van der Waals surface area contributed by atoms with Crippen molar-refractivity contribution in [2.24, 2.45) is 0 Å². The molecule has 0 spiro atoms. The van der Waals surface area contributed by atoms with E-state index in [-0.39, 0.29) is 11.7 Å². The fourth-order valence-corrected chi connectivity index (χ4v) is 3.58. The summed E-state index contributed by atoms with van der Waals surface area (Å²) in [4.78, 5) is 19.8. The lowest BCUT2D eigenvalue weighted by atomic mass is 10.0. The van der Waals surface area contributed by atoms with Gasteiger partial charge < -0.3 is 4.74 Å². The molecule has 1 aromatic carbocycles. The van der Waals surface area contributed by atoms with Crippen molar-refractivity contribution in [1.29, 1.82) is 0 Å². The van der Waals surface area contributed by atoms with Gasteiger partial charge in [-0.25, -0.2) is 9.78 Å². The van der Waals surface area contributed by atoms with Crippen molar-refractivity contribution < 1.29 is 4.74 Å². The zero-order chi connectivity index (χ0) is 18.0. The predicted octanol–water partition coefficient (Wildman–Crippen LogP) is 4.55. The third kappa shape index (κ3) is 3.22. The lowest BCUT2D eigenvalue weighted by Crippen LogP contribution is -2.21. The molecule has 0 atom stereocenters. The topological polar surface area (TPSA) is 59.9 Å². The number of ether oxygens (including phenoxy) is 1. The number of methoxy groups -OCH3 is 1. The third-order valence-electron chi connectivity index (χ3n) is 4.53. The smallest absolute Gasteiger partial charge is 0.327 e. The SMILES string of the molecule is CCC(CC)n1c(=O)[nH]c2ncc(Cl)c(-c3cccc(COC)c3)c21. The largest absolute Gasteiger partial charge is 0.380 e. The van der Waals surface area contributed by atoms with Gasteiger partial charge in [0.05, 0.1) is 17.1 Å². The summed E-state index contributed by atoms with van der Waals surface area (Å²) in [6.45, 7) is 4.68. The monoisotopic (exact) mass is 359 g/mol. The molecule has 1 N–H and O–H groups in total. The summed E-state index contributed by atoms with van der Waals surface area (Å²) >= 11 is 6.52. The lowest BCUT2D eigenvalue weighted by molar-refractivity contribution is 0.185. The Morgan fingerprint density at radius 2 is 2.08 bits per heavy atom. The number of imidazole rings is 1. The molecule has 6 heteroatoms. The van der Waals surface area contributed by atoms with Crippen LogP contribution in [0.1, 0.15) is 38.3 Å². The standard InChI is InChI=1S/C19H22ClN3O2/c1-4-14(5-2)23-17-16(13-8-6-7-12(9-13)11-25-3)15(20)10-21-18(17)22-19(23)24/h6-10,14H,4-5,11H2,1-3H3,(H,21,22,24). The molecule has 0 saturated carbocycles. The van der Waals surface area contributed by atoms with Crippen LogP contribution in [-0.2, 0) is 11.3 Å². The summed E-state index contributed by atoms with van der Waals surface area (Å²) in [5.74, 6) is 0. The van der Waals surface area contributed by atoms with Gasteiger partial charge in [0.15, 0.2) is 5.65 Å². The van der Waals surface area contributed by atoms with Crippen LogP contribution in [0.15, 0.2) is 35.3 Å². The van der Waals surface area contributed by atoms with E-state index in [9.17, 15) is 4.79 Å². The number of rotatable bonds is 6. The number of benzene rings is 1. The summed E-state index contributed by atoms with van der Waals surface area (Å²) in [7, 11) is 1.67. The molecule has 25 heavy (non-hydrogen) atoms. The number of pyridine rings is 1. The van der Waals surface area contributed by atoms with Crippen molar-refractivity contribution in [1.82, 2.24) is 14.5 Å². The van der Waals surface area contributed by atoms with E-state index < -0.39 is 0 Å². The van der Waals surface area contributed by atoms with E-state index in [0.29, 0.717) is 17.3 Å². The van der Waals surface area contributed by atoms with E-state index in [1.54, 1.807) is 17.9 Å². The van der Waals surface area contributed by atoms with Gasteiger partial charge in [-0.1, -0.05) is 43.6 Å². The van der Waals surface area contributed by atoms with Gasteiger partial charge in [0.2, 0.25) is 0 Å². The Hall–Kier alpha value is -2.11. The van der Waals surface area contributed by atoms with E-state index in [4.69, 9.17) is 16.3 Å². The van der Waals surface area contributed by atoms with Crippen molar-refractivity contribution in [3.05, 3.63) is 51.5 Å². The van der Waals surface area contributed by atoms with Gasteiger partial charge in [-0.2, -0.15) is 0 Å². The lowest BCUT2D eigenvalue weighted by Gasteiger charge is -2.17. The quantitative estimate of drug-likeness (QED) is 0.702. The maximum atomic E-state index is 12.6. The first kappa shape index (κ1) is 17.7. The molecular weight excluding hydrogens is 338 g/mol. The number of aromatic amines is 1. The fraction of sp³-hybridized carbons (Fsp3) is 0.368. The Morgan fingerprint density at radius 1 is 1.32 bits per heavy atom. The van der Waals surface area contributed by atoms with Crippen molar-refractivity contribution in [3.63, 3.8) is 0 Å².